The van der Waals surface area contributed by atoms with Crippen molar-refractivity contribution in [2.45, 2.75) is 65.8 Å². The van der Waals surface area contributed by atoms with E-state index in [1.165, 1.54) is 5.56 Å². The van der Waals surface area contributed by atoms with Gasteiger partial charge in [-0.1, -0.05) is 17.7 Å². The summed E-state index contributed by atoms with van der Waals surface area (Å²) in [6.07, 6.45) is 1.99. The predicted octanol–water partition coefficient (Wildman–Crippen LogP) is 5.00. The summed E-state index contributed by atoms with van der Waals surface area (Å²) in [6, 6.07) is 9.19. The van der Waals surface area contributed by atoms with Gasteiger partial charge in [-0.2, -0.15) is 11.3 Å². The van der Waals surface area contributed by atoms with Crippen LogP contribution in [-0.4, -0.2) is 22.2 Å². The lowest BCUT2D eigenvalue weighted by Crippen LogP contribution is -2.33. The van der Waals surface area contributed by atoms with Crippen molar-refractivity contribution in [2.24, 2.45) is 0 Å². The van der Waals surface area contributed by atoms with Gasteiger partial charge in [0.25, 0.3) is 5.56 Å². The Morgan fingerprint density at radius 1 is 1.08 bits per heavy atom. The zero-order valence-corrected chi connectivity index (χ0v) is 22.6. The Kier molecular flexibility index (Phi) is 9.34. The van der Waals surface area contributed by atoms with Gasteiger partial charge in [-0.3, -0.25) is 9.59 Å². The van der Waals surface area contributed by atoms with E-state index in [0.29, 0.717) is 17.1 Å². The van der Waals surface area contributed by atoms with Crippen LogP contribution < -0.4 is 16.2 Å². The minimum absolute atomic E-state index is 0.0178. The maximum Gasteiger partial charge on any atom is 0.407 e. The van der Waals surface area contributed by atoms with E-state index in [0.717, 1.165) is 23.1 Å². The second-order valence-electron chi connectivity index (χ2n) is 9.58. The van der Waals surface area contributed by atoms with Crippen molar-refractivity contribution >= 4 is 34.9 Å². The van der Waals surface area contributed by atoms with Gasteiger partial charge in [0.15, 0.2) is 0 Å². The van der Waals surface area contributed by atoms with Crippen LogP contribution >= 0.6 is 22.9 Å². The smallest absolute Gasteiger partial charge is 0.407 e. The Morgan fingerprint density at radius 3 is 2.53 bits per heavy atom. The number of aromatic nitrogens is 1. The summed E-state index contributed by atoms with van der Waals surface area (Å²) in [4.78, 5) is 37.8. The number of nitrogens with one attached hydrogen (secondary N) is 2. The lowest BCUT2D eigenvalue weighted by Gasteiger charge is -2.20. The van der Waals surface area contributed by atoms with E-state index < -0.39 is 11.7 Å². The fourth-order valence-corrected chi connectivity index (χ4v) is 4.52. The number of aryl methyl sites for hydroxylation is 3. The van der Waals surface area contributed by atoms with Crippen LogP contribution in [0.5, 0.6) is 0 Å². The standard InChI is InChI=1S/C27H32ClN3O4S/c1-18-7-10-31(11-8-19-9-12-36-17-19)25(33)23(18)14-24(32)29-16-21-13-22(28)6-5-20(21)15-30-26(34)35-27(2,3)4/h5-7,9-10,12-13,17H,8,11,14-16H2,1-4H3,(H,29,32)(H,30,34). The zero-order valence-electron chi connectivity index (χ0n) is 21.0. The SMILES string of the molecule is Cc1ccn(CCc2ccsc2)c(=O)c1CC(=O)NCc1cc(Cl)ccc1CNC(=O)OC(C)(C)C. The molecule has 0 unspecified atom stereocenters. The Balaban J connectivity index is 1.63. The first-order chi connectivity index (χ1) is 17.0. The van der Waals surface area contributed by atoms with Crippen LogP contribution in [0, 0.1) is 6.92 Å². The first-order valence-corrected chi connectivity index (χ1v) is 13.0. The number of ether oxygens (including phenoxy) is 1. The van der Waals surface area contributed by atoms with E-state index in [-0.39, 0.29) is 31.0 Å². The van der Waals surface area contributed by atoms with Crippen LogP contribution in [-0.2, 0) is 42.0 Å². The fraction of sp³-hybridized carbons (Fsp3) is 0.370. The highest BCUT2D eigenvalue weighted by Crippen LogP contribution is 2.17. The highest BCUT2D eigenvalue weighted by atomic mass is 35.5. The van der Waals surface area contributed by atoms with Gasteiger partial charge in [-0.25, -0.2) is 4.79 Å². The molecule has 0 saturated heterocycles. The molecule has 2 amide bonds. The monoisotopic (exact) mass is 529 g/mol. The number of carbonyl (C=O) groups excluding carboxylic acids is 2. The molecular formula is C27H32ClN3O4S. The molecule has 0 aliphatic carbocycles. The summed E-state index contributed by atoms with van der Waals surface area (Å²) in [5, 5.41) is 10.2. The van der Waals surface area contributed by atoms with Gasteiger partial charge < -0.3 is 19.9 Å². The molecule has 0 bridgehead atoms. The molecule has 0 aliphatic heterocycles. The number of rotatable bonds is 9. The van der Waals surface area contributed by atoms with E-state index in [2.05, 4.69) is 16.0 Å². The minimum Gasteiger partial charge on any atom is -0.444 e. The summed E-state index contributed by atoms with van der Waals surface area (Å²) >= 11 is 7.80. The highest BCUT2D eigenvalue weighted by Gasteiger charge is 2.17. The maximum absolute atomic E-state index is 13.0. The molecule has 3 rings (SSSR count). The number of alkyl carbamates (subject to hydrolysis) is 1. The zero-order chi connectivity index (χ0) is 26.3. The molecule has 9 heteroatoms. The van der Waals surface area contributed by atoms with Crippen LogP contribution in [0.2, 0.25) is 5.02 Å². The van der Waals surface area contributed by atoms with Crippen LogP contribution in [0.15, 0.2) is 52.1 Å². The molecule has 192 valence electrons. The second-order valence-corrected chi connectivity index (χ2v) is 10.8. The molecule has 36 heavy (non-hydrogen) atoms. The van der Waals surface area contributed by atoms with Gasteiger partial charge >= 0.3 is 6.09 Å². The first kappa shape index (κ1) is 27.5. The molecule has 0 radical (unpaired) electrons. The Hall–Kier alpha value is -3.10. The normalized spacial score (nSPS) is 11.2. The van der Waals surface area contributed by atoms with Crippen molar-refractivity contribution in [2.75, 3.05) is 0 Å². The van der Waals surface area contributed by atoms with Gasteiger partial charge in [0.05, 0.1) is 6.42 Å². The molecule has 0 fully saturated rings. The number of amides is 2. The molecule has 0 aliphatic rings. The van der Waals surface area contributed by atoms with Crippen molar-refractivity contribution in [1.29, 1.82) is 0 Å². The van der Waals surface area contributed by atoms with Gasteiger partial charge in [-0.15, -0.1) is 0 Å². The van der Waals surface area contributed by atoms with Crippen LogP contribution in [0.3, 0.4) is 0 Å². The third-order valence-corrected chi connectivity index (χ3v) is 6.49. The average molecular weight is 530 g/mol. The van der Waals surface area contributed by atoms with Crippen molar-refractivity contribution in [1.82, 2.24) is 15.2 Å². The predicted molar refractivity (Wildman–Crippen MR) is 144 cm³/mol. The molecule has 7 nitrogen and oxygen atoms in total. The number of thiophene rings is 1. The Morgan fingerprint density at radius 2 is 1.83 bits per heavy atom. The summed E-state index contributed by atoms with van der Waals surface area (Å²) < 4.78 is 6.94. The van der Waals surface area contributed by atoms with E-state index in [9.17, 15) is 14.4 Å². The first-order valence-electron chi connectivity index (χ1n) is 11.7. The second kappa shape index (κ2) is 12.2. The van der Waals surface area contributed by atoms with Gasteiger partial charge in [0.1, 0.15) is 5.60 Å². The third kappa shape index (κ3) is 8.24. The van der Waals surface area contributed by atoms with E-state index in [1.54, 1.807) is 61.1 Å². The average Bonchev–Trinajstić information content (AvgIpc) is 3.32. The Labute approximate surface area is 220 Å². The van der Waals surface area contributed by atoms with Crippen molar-refractivity contribution in [3.05, 3.63) is 90.5 Å². The lowest BCUT2D eigenvalue weighted by molar-refractivity contribution is -0.120. The molecule has 2 aromatic heterocycles. The van der Waals surface area contributed by atoms with E-state index in [4.69, 9.17) is 16.3 Å². The summed E-state index contributed by atoms with van der Waals surface area (Å²) in [6.45, 7) is 8.22. The van der Waals surface area contributed by atoms with Crippen LogP contribution in [0.25, 0.3) is 0 Å². The minimum atomic E-state index is -0.598. The molecule has 0 saturated carbocycles. The van der Waals surface area contributed by atoms with Crippen LogP contribution in [0.4, 0.5) is 4.79 Å². The molecule has 2 N–H and O–H groups in total. The topological polar surface area (TPSA) is 89.4 Å². The van der Waals surface area contributed by atoms with Crippen molar-refractivity contribution < 1.29 is 14.3 Å². The molecular weight excluding hydrogens is 498 g/mol. The van der Waals surface area contributed by atoms with Crippen molar-refractivity contribution in [3.63, 3.8) is 0 Å². The fourth-order valence-electron chi connectivity index (χ4n) is 3.62. The summed E-state index contributed by atoms with van der Waals surface area (Å²) in [5.41, 5.74) is 3.28. The summed E-state index contributed by atoms with van der Waals surface area (Å²) in [5.74, 6) is -0.267. The van der Waals surface area contributed by atoms with Crippen molar-refractivity contribution in [3.8, 4) is 0 Å². The number of nitrogens with zero attached hydrogens (tertiary/aromatic N) is 1. The van der Waals surface area contributed by atoms with Gasteiger partial charge in [0, 0.05) is 36.4 Å². The number of hydrogen-bond donors (Lipinski definition) is 2. The molecule has 2 heterocycles. The van der Waals surface area contributed by atoms with Gasteiger partial charge in [-0.05, 0) is 91.4 Å². The molecule has 1 aromatic carbocycles. The number of carbonyl (C=O) groups is 2. The van der Waals surface area contributed by atoms with E-state index >= 15 is 0 Å². The van der Waals surface area contributed by atoms with Gasteiger partial charge in [0.2, 0.25) is 5.91 Å². The highest BCUT2D eigenvalue weighted by molar-refractivity contribution is 7.07. The lowest BCUT2D eigenvalue weighted by atomic mass is 10.1. The number of benzene rings is 1. The Bertz CT molecular complexity index is 1260. The number of hydrogen-bond acceptors (Lipinski definition) is 5. The number of halogens is 1. The number of pyridine rings is 1. The largest absolute Gasteiger partial charge is 0.444 e. The van der Waals surface area contributed by atoms with Crippen LogP contribution in [0.1, 0.15) is 48.6 Å². The maximum atomic E-state index is 13.0. The van der Waals surface area contributed by atoms with E-state index in [1.807, 2.05) is 24.4 Å². The summed E-state index contributed by atoms with van der Waals surface area (Å²) in [7, 11) is 0. The quantitative estimate of drug-likeness (QED) is 0.408. The molecule has 0 atom stereocenters. The molecule has 3 aromatic rings. The molecule has 0 spiro atoms. The third-order valence-electron chi connectivity index (χ3n) is 5.52.